The number of aromatic nitrogens is 2. The molecule has 72 valence electrons. The summed E-state index contributed by atoms with van der Waals surface area (Å²) < 4.78 is 0. The zero-order valence-electron chi connectivity index (χ0n) is 7.27. The highest BCUT2D eigenvalue weighted by atomic mass is 35.5. The van der Waals surface area contributed by atoms with Gasteiger partial charge in [-0.15, -0.1) is 11.8 Å². The van der Waals surface area contributed by atoms with Gasteiger partial charge in [-0.2, -0.15) is 0 Å². The molecule has 0 saturated heterocycles. The van der Waals surface area contributed by atoms with Crippen LogP contribution in [0.1, 0.15) is 12.6 Å². The molecule has 3 nitrogen and oxygen atoms in total. The fourth-order valence-corrected chi connectivity index (χ4v) is 1.50. The van der Waals surface area contributed by atoms with E-state index in [1.54, 1.807) is 18.0 Å². The van der Waals surface area contributed by atoms with Crippen molar-refractivity contribution in [2.45, 2.75) is 17.9 Å². The summed E-state index contributed by atoms with van der Waals surface area (Å²) in [6.07, 6.45) is 3.18. The Morgan fingerprint density at radius 2 is 2.31 bits per heavy atom. The van der Waals surface area contributed by atoms with Crippen LogP contribution in [-0.2, 0) is 5.75 Å². The maximum atomic E-state index is 8.78. The number of halogens is 1. The lowest BCUT2D eigenvalue weighted by atomic mass is 10.5. The molecular formula is C8H11ClN2OS. The van der Waals surface area contributed by atoms with Crippen LogP contribution in [0.2, 0.25) is 5.15 Å². The highest BCUT2D eigenvalue weighted by Gasteiger charge is 2.02. The summed E-state index contributed by atoms with van der Waals surface area (Å²) >= 11 is 7.22. The summed E-state index contributed by atoms with van der Waals surface area (Å²) in [5, 5.41) is 9.42. The maximum absolute atomic E-state index is 8.78. The highest BCUT2D eigenvalue weighted by molar-refractivity contribution is 7.99. The van der Waals surface area contributed by atoms with E-state index in [0.717, 1.165) is 11.4 Å². The molecule has 0 bridgehead atoms. The summed E-state index contributed by atoms with van der Waals surface area (Å²) in [6.45, 7) is 2.15. The summed E-state index contributed by atoms with van der Waals surface area (Å²) in [6, 6.07) is 0. The van der Waals surface area contributed by atoms with Crippen molar-refractivity contribution in [2.75, 3.05) is 6.61 Å². The molecule has 0 fully saturated rings. The van der Waals surface area contributed by atoms with E-state index in [0.29, 0.717) is 5.15 Å². The molecule has 1 atom stereocenters. The molecule has 0 aromatic carbocycles. The van der Waals surface area contributed by atoms with Crippen LogP contribution in [0.3, 0.4) is 0 Å². The minimum absolute atomic E-state index is 0.186. The standard InChI is InChI=1S/C8H11ClN2OS/c1-6(4-12)13-5-7-2-11-8(9)3-10-7/h2-3,6,12H,4-5H2,1H3. The van der Waals surface area contributed by atoms with E-state index in [-0.39, 0.29) is 11.9 Å². The van der Waals surface area contributed by atoms with Crippen molar-refractivity contribution in [1.82, 2.24) is 9.97 Å². The zero-order valence-corrected chi connectivity index (χ0v) is 8.85. The Morgan fingerprint density at radius 1 is 1.54 bits per heavy atom. The lowest BCUT2D eigenvalue weighted by Crippen LogP contribution is -2.02. The Hall–Kier alpha value is -0.320. The molecule has 1 aromatic heterocycles. The van der Waals surface area contributed by atoms with Crippen LogP contribution in [-0.4, -0.2) is 26.9 Å². The van der Waals surface area contributed by atoms with E-state index in [2.05, 4.69) is 9.97 Å². The van der Waals surface area contributed by atoms with Crippen molar-refractivity contribution in [2.24, 2.45) is 0 Å². The maximum Gasteiger partial charge on any atom is 0.147 e. The molecule has 0 saturated carbocycles. The van der Waals surface area contributed by atoms with Crippen molar-refractivity contribution in [3.8, 4) is 0 Å². The van der Waals surface area contributed by atoms with Gasteiger partial charge in [0, 0.05) is 11.0 Å². The number of aliphatic hydroxyl groups is 1. The molecule has 0 radical (unpaired) electrons. The van der Waals surface area contributed by atoms with Crippen LogP contribution in [0.15, 0.2) is 12.4 Å². The fourth-order valence-electron chi connectivity index (χ4n) is 0.694. The first kappa shape index (κ1) is 10.8. The summed E-state index contributed by atoms with van der Waals surface area (Å²) in [5.41, 5.74) is 0.884. The number of hydrogen-bond donors (Lipinski definition) is 1. The molecule has 1 heterocycles. The number of nitrogens with zero attached hydrogens (tertiary/aromatic N) is 2. The van der Waals surface area contributed by atoms with Crippen LogP contribution in [0.25, 0.3) is 0 Å². The van der Waals surface area contributed by atoms with E-state index < -0.39 is 0 Å². The first-order chi connectivity index (χ1) is 6.22. The minimum atomic E-state index is 0.186. The van der Waals surface area contributed by atoms with Gasteiger partial charge in [0.1, 0.15) is 5.15 Å². The van der Waals surface area contributed by atoms with Gasteiger partial charge in [-0.1, -0.05) is 18.5 Å². The second-order valence-corrected chi connectivity index (χ2v) is 4.45. The molecule has 13 heavy (non-hydrogen) atoms. The van der Waals surface area contributed by atoms with Crippen molar-refractivity contribution < 1.29 is 5.11 Å². The predicted octanol–water partition coefficient (Wildman–Crippen LogP) is 1.74. The highest BCUT2D eigenvalue weighted by Crippen LogP contribution is 2.15. The Morgan fingerprint density at radius 3 is 2.85 bits per heavy atom. The summed E-state index contributed by atoms with van der Waals surface area (Å²) in [4.78, 5) is 8.00. The van der Waals surface area contributed by atoms with Gasteiger partial charge in [-0.05, 0) is 0 Å². The minimum Gasteiger partial charge on any atom is -0.395 e. The molecule has 1 aromatic rings. The molecule has 5 heteroatoms. The van der Waals surface area contributed by atoms with Crippen molar-refractivity contribution in [3.05, 3.63) is 23.2 Å². The number of rotatable bonds is 4. The van der Waals surface area contributed by atoms with Gasteiger partial charge in [0.25, 0.3) is 0 Å². The van der Waals surface area contributed by atoms with E-state index in [1.165, 1.54) is 6.20 Å². The second kappa shape index (κ2) is 5.42. The first-order valence-corrected chi connectivity index (χ1v) is 5.34. The van der Waals surface area contributed by atoms with E-state index in [1.807, 2.05) is 6.92 Å². The normalized spacial score (nSPS) is 12.8. The Labute approximate surface area is 86.6 Å². The third-order valence-corrected chi connectivity index (χ3v) is 2.82. The molecule has 0 aliphatic carbocycles. The molecule has 1 unspecified atom stereocenters. The van der Waals surface area contributed by atoms with Crippen molar-refractivity contribution in [1.29, 1.82) is 0 Å². The van der Waals surface area contributed by atoms with Gasteiger partial charge in [-0.3, -0.25) is 4.98 Å². The topological polar surface area (TPSA) is 46.0 Å². The number of aliphatic hydroxyl groups excluding tert-OH is 1. The molecule has 0 aliphatic heterocycles. The smallest absolute Gasteiger partial charge is 0.147 e. The van der Waals surface area contributed by atoms with Crippen LogP contribution < -0.4 is 0 Å². The summed E-state index contributed by atoms with van der Waals surface area (Å²) in [5.74, 6) is 0.756. The van der Waals surface area contributed by atoms with Crippen molar-refractivity contribution >= 4 is 23.4 Å². The first-order valence-electron chi connectivity index (χ1n) is 3.91. The van der Waals surface area contributed by atoms with Crippen LogP contribution in [0, 0.1) is 0 Å². The van der Waals surface area contributed by atoms with Gasteiger partial charge >= 0.3 is 0 Å². The van der Waals surface area contributed by atoms with Gasteiger partial charge in [-0.25, -0.2) is 4.98 Å². The average Bonchev–Trinajstić information content (AvgIpc) is 2.16. The fraction of sp³-hybridized carbons (Fsp3) is 0.500. The van der Waals surface area contributed by atoms with Crippen LogP contribution >= 0.6 is 23.4 Å². The lowest BCUT2D eigenvalue weighted by Gasteiger charge is -2.05. The third-order valence-electron chi connectivity index (χ3n) is 1.45. The predicted molar refractivity (Wildman–Crippen MR) is 54.9 cm³/mol. The molecule has 0 aliphatic rings. The van der Waals surface area contributed by atoms with Crippen molar-refractivity contribution in [3.63, 3.8) is 0 Å². The Kier molecular flexibility index (Phi) is 4.48. The van der Waals surface area contributed by atoms with Crippen LogP contribution in [0.4, 0.5) is 0 Å². The quantitative estimate of drug-likeness (QED) is 0.837. The van der Waals surface area contributed by atoms with Crippen LogP contribution in [0.5, 0.6) is 0 Å². The molecular weight excluding hydrogens is 208 g/mol. The monoisotopic (exact) mass is 218 g/mol. The molecule has 1 N–H and O–H groups in total. The van der Waals surface area contributed by atoms with Gasteiger partial charge < -0.3 is 5.11 Å². The molecule has 0 amide bonds. The zero-order chi connectivity index (χ0) is 9.68. The Bertz CT molecular complexity index is 255. The van der Waals surface area contributed by atoms with E-state index >= 15 is 0 Å². The average molecular weight is 219 g/mol. The van der Waals surface area contributed by atoms with E-state index in [4.69, 9.17) is 16.7 Å². The lowest BCUT2D eigenvalue weighted by molar-refractivity contribution is 0.300. The van der Waals surface area contributed by atoms with E-state index in [9.17, 15) is 0 Å². The van der Waals surface area contributed by atoms with Gasteiger partial charge in [0.2, 0.25) is 0 Å². The van der Waals surface area contributed by atoms with Gasteiger partial charge in [0.15, 0.2) is 0 Å². The number of thioether (sulfide) groups is 1. The SMILES string of the molecule is CC(CO)SCc1cnc(Cl)cn1. The third kappa shape index (κ3) is 3.93. The number of hydrogen-bond acceptors (Lipinski definition) is 4. The second-order valence-electron chi connectivity index (χ2n) is 2.63. The van der Waals surface area contributed by atoms with Gasteiger partial charge in [0.05, 0.1) is 24.7 Å². The molecule has 1 rings (SSSR count). The molecule has 0 spiro atoms. The Balaban J connectivity index is 2.41. The largest absolute Gasteiger partial charge is 0.395 e. The summed E-state index contributed by atoms with van der Waals surface area (Å²) in [7, 11) is 0.